The highest BCUT2D eigenvalue weighted by molar-refractivity contribution is 5.86. The monoisotopic (exact) mass is 420 g/mol. The summed E-state index contributed by atoms with van der Waals surface area (Å²) < 4.78 is 10.6. The number of ether oxygens (including phenoxy) is 2. The van der Waals surface area contributed by atoms with Crippen LogP contribution in [0.1, 0.15) is 65.9 Å². The Morgan fingerprint density at radius 3 is 2.17 bits per heavy atom. The van der Waals surface area contributed by atoms with Gasteiger partial charge in [0.25, 0.3) is 0 Å². The van der Waals surface area contributed by atoms with Crippen LogP contribution in [0.25, 0.3) is 0 Å². The second-order valence-electron chi connectivity index (χ2n) is 8.21. The first kappa shape index (κ1) is 25.5. The molecule has 0 radical (unpaired) electrons. The molecule has 30 heavy (non-hydrogen) atoms. The van der Waals surface area contributed by atoms with Gasteiger partial charge in [0, 0.05) is 19.5 Å². The van der Waals surface area contributed by atoms with Crippen LogP contribution in [0.5, 0.6) is 0 Å². The van der Waals surface area contributed by atoms with Crippen LogP contribution in [0.3, 0.4) is 0 Å². The lowest BCUT2D eigenvalue weighted by Gasteiger charge is -2.28. The van der Waals surface area contributed by atoms with Crippen molar-refractivity contribution in [3.8, 4) is 0 Å². The van der Waals surface area contributed by atoms with Crippen molar-refractivity contribution in [2.24, 2.45) is 0 Å². The lowest BCUT2D eigenvalue weighted by Crippen LogP contribution is -2.50. The first-order chi connectivity index (χ1) is 14.2. The van der Waals surface area contributed by atoms with Crippen molar-refractivity contribution >= 4 is 18.0 Å². The quantitative estimate of drug-likeness (QED) is 0.546. The van der Waals surface area contributed by atoms with Gasteiger partial charge in [0.15, 0.2) is 0 Å². The largest absolute Gasteiger partial charge is 0.461 e. The number of carbonyl (C=O) groups is 3. The molecule has 168 valence electrons. The predicted molar refractivity (Wildman–Crippen MR) is 116 cm³/mol. The first-order valence-electron chi connectivity index (χ1n) is 10.6. The van der Waals surface area contributed by atoms with E-state index in [-0.39, 0.29) is 25.4 Å². The van der Waals surface area contributed by atoms with Crippen molar-refractivity contribution in [3.63, 3.8) is 0 Å². The van der Waals surface area contributed by atoms with Crippen LogP contribution in [0.2, 0.25) is 0 Å². The highest BCUT2D eigenvalue weighted by Crippen LogP contribution is 2.11. The van der Waals surface area contributed by atoms with Gasteiger partial charge in [-0.2, -0.15) is 0 Å². The summed E-state index contributed by atoms with van der Waals surface area (Å²) in [6.07, 6.45) is 1.11. The molecule has 0 fully saturated rings. The molecule has 0 spiro atoms. The summed E-state index contributed by atoms with van der Waals surface area (Å²) in [5.41, 5.74) is 0.209. The summed E-state index contributed by atoms with van der Waals surface area (Å²) in [7, 11) is 0. The van der Waals surface area contributed by atoms with Gasteiger partial charge in [0.2, 0.25) is 5.91 Å². The van der Waals surface area contributed by atoms with Gasteiger partial charge < -0.3 is 19.7 Å². The molecule has 1 N–H and O–H groups in total. The average molecular weight is 421 g/mol. The van der Waals surface area contributed by atoms with Crippen LogP contribution < -0.4 is 5.32 Å². The van der Waals surface area contributed by atoms with Gasteiger partial charge in [0.05, 0.1) is 0 Å². The van der Waals surface area contributed by atoms with Crippen LogP contribution in [-0.2, 0) is 25.7 Å². The number of nitrogens with one attached hydrogen (secondary N) is 1. The summed E-state index contributed by atoms with van der Waals surface area (Å²) in [6, 6.07) is 8.54. The van der Waals surface area contributed by atoms with Crippen LogP contribution in [-0.4, -0.2) is 47.6 Å². The number of hydrogen-bond donors (Lipinski definition) is 1. The molecular formula is C23H36N2O5. The molecule has 0 aliphatic carbocycles. The molecule has 7 heteroatoms. The first-order valence-corrected chi connectivity index (χ1v) is 10.6. The molecule has 0 aliphatic rings. The standard InChI is InChI=1S/C23H36N2O5/c1-6-15-25(16-7-2)21(27)19(24-22(28)30-23(3,4)5)13-14-20(26)29-17-18-11-9-8-10-12-18/h8-12,19H,6-7,13-17H2,1-5H3,(H,24,28)/t19-/m1/s1. The molecule has 1 aromatic carbocycles. The number of rotatable bonds is 11. The zero-order chi connectivity index (χ0) is 22.6. The summed E-state index contributed by atoms with van der Waals surface area (Å²) in [4.78, 5) is 39.2. The van der Waals surface area contributed by atoms with Crippen molar-refractivity contribution < 1.29 is 23.9 Å². The van der Waals surface area contributed by atoms with E-state index in [1.54, 1.807) is 25.7 Å². The van der Waals surface area contributed by atoms with Gasteiger partial charge in [-0.15, -0.1) is 0 Å². The Labute approximate surface area is 180 Å². The van der Waals surface area contributed by atoms with Gasteiger partial charge in [0.1, 0.15) is 18.2 Å². The molecule has 0 saturated carbocycles. The zero-order valence-electron chi connectivity index (χ0n) is 18.9. The number of carbonyl (C=O) groups excluding carboxylic acids is 3. The van der Waals surface area contributed by atoms with Crippen molar-refractivity contribution in [1.29, 1.82) is 0 Å². The SMILES string of the molecule is CCCN(CCC)C(=O)[C@@H](CCC(=O)OCc1ccccc1)NC(=O)OC(C)(C)C. The van der Waals surface area contributed by atoms with Crippen LogP contribution >= 0.6 is 0 Å². The third-order valence-corrected chi connectivity index (χ3v) is 4.17. The van der Waals surface area contributed by atoms with Crippen molar-refractivity contribution in [3.05, 3.63) is 35.9 Å². The van der Waals surface area contributed by atoms with Crippen LogP contribution in [0.15, 0.2) is 30.3 Å². The number of amides is 2. The summed E-state index contributed by atoms with van der Waals surface area (Å²) in [5, 5.41) is 2.64. The van der Waals surface area contributed by atoms with Crippen LogP contribution in [0.4, 0.5) is 4.79 Å². The number of hydrogen-bond acceptors (Lipinski definition) is 5. The molecular weight excluding hydrogens is 384 g/mol. The Bertz CT molecular complexity index is 664. The molecule has 0 saturated heterocycles. The van der Waals surface area contributed by atoms with Gasteiger partial charge in [-0.1, -0.05) is 44.2 Å². The average Bonchev–Trinajstić information content (AvgIpc) is 2.68. The molecule has 1 rings (SSSR count). The summed E-state index contributed by atoms with van der Waals surface area (Å²) in [6.45, 7) is 10.6. The van der Waals surface area contributed by atoms with E-state index in [2.05, 4.69) is 5.32 Å². The Hall–Kier alpha value is -2.57. The summed E-state index contributed by atoms with van der Waals surface area (Å²) in [5.74, 6) is -0.624. The fourth-order valence-electron chi connectivity index (χ4n) is 2.87. The Morgan fingerprint density at radius 2 is 1.63 bits per heavy atom. The number of alkyl carbamates (subject to hydrolysis) is 1. The Morgan fingerprint density at radius 1 is 1.03 bits per heavy atom. The van der Waals surface area contributed by atoms with E-state index < -0.39 is 23.7 Å². The fraction of sp³-hybridized carbons (Fsp3) is 0.609. The maximum absolute atomic E-state index is 13.0. The zero-order valence-corrected chi connectivity index (χ0v) is 18.9. The second-order valence-corrected chi connectivity index (χ2v) is 8.21. The molecule has 0 heterocycles. The minimum atomic E-state index is -0.845. The van der Waals surface area contributed by atoms with E-state index in [4.69, 9.17) is 9.47 Å². The topological polar surface area (TPSA) is 84.9 Å². The molecule has 0 unspecified atom stereocenters. The lowest BCUT2D eigenvalue weighted by atomic mass is 10.1. The number of nitrogens with zero attached hydrogens (tertiary/aromatic N) is 1. The van der Waals surface area contributed by atoms with E-state index in [1.807, 2.05) is 44.2 Å². The minimum Gasteiger partial charge on any atom is -0.461 e. The van der Waals surface area contributed by atoms with E-state index in [9.17, 15) is 14.4 Å². The van der Waals surface area contributed by atoms with E-state index in [0.29, 0.717) is 13.1 Å². The molecule has 0 aromatic heterocycles. The molecule has 0 bridgehead atoms. The van der Waals surface area contributed by atoms with Crippen molar-refractivity contribution in [2.75, 3.05) is 13.1 Å². The normalized spacial score (nSPS) is 12.0. The van der Waals surface area contributed by atoms with Gasteiger partial charge in [-0.3, -0.25) is 9.59 Å². The van der Waals surface area contributed by atoms with Gasteiger partial charge >= 0.3 is 12.1 Å². The van der Waals surface area contributed by atoms with Crippen molar-refractivity contribution in [1.82, 2.24) is 10.2 Å². The third-order valence-electron chi connectivity index (χ3n) is 4.17. The van der Waals surface area contributed by atoms with E-state index in [0.717, 1.165) is 18.4 Å². The molecule has 7 nitrogen and oxygen atoms in total. The number of esters is 1. The lowest BCUT2D eigenvalue weighted by molar-refractivity contribution is -0.145. The van der Waals surface area contributed by atoms with E-state index >= 15 is 0 Å². The summed E-state index contributed by atoms with van der Waals surface area (Å²) >= 11 is 0. The smallest absolute Gasteiger partial charge is 0.408 e. The number of benzene rings is 1. The molecule has 0 aliphatic heterocycles. The highest BCUT2D eigenvalue weighted by Gasteiger charge is 2.28. The maximum atomic E-state index is 13.0. The van der Waals surface area contributed by atoms with Gasteiger partial charge in [-0.25, -0.2) is 4.79 Å². The van der Waals surface area contributed by atoms with Crippen molar-refractivity contribution in [2.45, 2.75) is 78.6 Å². The highest BCUT2D eigenvalue weighted by atomic mass is 16.6. The molecule has 1 aromatic rings. The molecule has 2 amide bonds. The van der Waals surface area contributed by atoms with Gasteiger partial charge in [-0.05, 0) is 45.6 Å². The minimum absolute atomic E-state index is 0.0190. The second kappa shape index (κ2) is 12.9. The Kier molecular flexibility index (Phi) is 10.9. The third kappa shape index (κ3) is 10.3. The Balaban J connectivity index is 2.74. The fourth-order valence-corrected chi connectivity index (χ4v) is 2.87. The molecule has 1 atom stereocenters. The van der Waals surface area contributed by atoms with E-state index in [1.165, 1.54) is 0 Å². The van der Waals surface area contributed by atoms with Crippen LogP contribution in [0, 0.1) is 0 Å². The predicted octanol–water partition coefficient (Wildman–Crippen LogP) is 4.05. The maximum Gasteiger partial charge on any atom is 0.408 e.